The number of fused-ring (bicyclic) bond motifs is 1. The Morgan fingerprint density at radius 1 is 0.969 bits per heavy atom. The van der Waals surface area contributed by atoms with Crippen LogP contribution in [0.2, 0.25) is 0 Å². The Morgan fingerprint density at radius 2 is 1.62 bits per heavy atom. The summed E-state index contributed by atoms with van der Waals surface area (Å²) >= 11 is 0. The molecule has 2 aromatic rings. The van der Waals surface area contributed by atoms with Crippen molar-refractivity contribution < 1.29 is 18.3 Å². The van der Waals surface area contributed by atoms with Crippen LogP contribution in [0, 0.1) is 0 Å². The highest BCUT2D eigenvalue weighted by molar-refractivity contribution is 7.89. The molecule has 32 heavy (non-hydrogen) atoms. The van der Waals surface area contributed by atoms with Gasteiger partial charge in [-0.2, -0.15) is 0 Å². The van der Waals surface area contributed by atoms with E-state index in [2.05, 4.69) is 25.5 Å². The quantitative estimate of drug-likeness (QED) is 0.633. The van der Waals surface area contributed by atoms with Crippen LogP contribution in [0.3, 0.4) is 0 Å². The summed E-state index contributed by atoms with van der Waals surface area (Å²) in [6.07, 6.45) is 3.84. The Hall–Kier alpha value is -2.44. The molecule has 1 unspecified atom stereocenters. The molecule has 6 heteroatoms. The summed E-state index contributed by atoms with van der Waals surface area (Å²) in [5.41, 5.74) is 4.45. The number of hydrogen-bond donors (Lipinski definition) is 2. The molecule has 0 fully saturated rings. The van der Waals surface area contributed by atoms with E-state index in [9.17, 15) is 13.2 Å². The minimum Gasteiger partial charge on any atom is -0.478 e. The fourth-order valence-corrected chi connectivity index (χ4v) is 5.73. The van der Waals surface area contributed by atoms with Crippen LogP contribution in [0.4, 0.5) is 0 Å². The lowest BCUT2D eigenvalue weighted by molar-refractivity contribution is -0.131. The molecule has 0 saturated heterocycles. The summed E-state index contributed by atoms with van der Waals surface area (Å²) in [6, 6.07) is 11.2. The number of benzene rings is 2. The van der Waals surface area contributed by atoms with Gasteiger partial charge >= 0.3 is 5.97 Å². The molecule has 172 valence electrons. The molecule has 0 radical (unpaired) electrons. The van der Waals surface area contributed by atoms with Gasteiger partial charge in [-0.15, -0.1) is 0 Å². The highest BCUT2D eigenvalue weighted by Crippen LogP contribution is 2.34. The van der Waals surface area contributed by atoms with E-state index >= 15 is 0 Å². The molecule has 2 N–H and O–H groups in total. The first-order valence-corrected chi connectivity index (χ1v) is 12.4. The van der Waals surface area contributed by atoms with Crippen LogP contribution in [0.25, 0.3) is 6.08 Å². The molecule has 0 aliphatic heterocycles. The number of carboxylic acid groups (broad SMARTS) is 1. The first kappa shape index (κ1) is 24.2. The van der Waals surface area contributed by atoms with Gasteiger partial charge in [-0.1, -0.05) is 71.9 Å². The van der Waals surface area contributed by atoms with E-state index in [1.807, 2.05) is 51.1 Å². The van der Waals surface area contributed by atoms with Crippen LogP contribution in [0.5, 0.6) is 0 Å². The summed E-state index contributed by atoms with van der Waals surface area (Å²) in [5.74, 6) is -0.997. The van der Waals surface area contributed by atoms with Crippen molar-refractivity contribution in [3.8, 4) is 0 Å². The normalized spacial score (nSPS) is 17.0. The zero-order valence-electron chi connectivity index (χ0n) is 19.7. The standard InChI is InChI=1S/C26H33NO4S/c1-25(2,3)20-10-11-23(22(16-20)26(4,5)6)32(30,31)27-21-14-18-9-7-17(8-12-24(28)29)13-19(18)15-21/h7-13,16,21,27H,14-15H2,1-6H3,(H,28,29). The average molecular weight is 456 g/mol. The van der Waals surface area contributed by atoms with Gasteiger partial charge in [0.25, 0.3) is 0 Å². The molecule has 2 aromatic carbocycles. The van der Waals surface area contributed by atoms with Crippen molar-refractivity contribution in [1.82, 2.24) is 4.72 Å². The van der Waals surface area contributed by atoms with Crippen molar-refractivity contribution in [2.24, 2.45) is 0 Å². The molecule has 0 spiro atoms. The number of nitrogens with one attached hydrogen (secondary N) is 1. The largest absolute Gasteiger partial charge is 0.478 e. The van der Waals surface area contributed by atoms with Crippen LogP contribution < -0.4 is 4.72 Å². The second-order valence-electron chi connectivity index (χ2n) is 10.6. The predicted octanol–water partition coefficient (Wildman–Crippen LogP) is 4.83. The second kappa shape index (κ2) is 8.49. The smallest absolute Gasteiger partial charge is 0.328 e. The number of aliphatic carboxylic acids is 1. The summed E-state index contributed by atoms with van der Waals surface area (Å²) in [4.78, 5) is 11.1. The second-order valence-corrected chi connectivity index (χ2v) is 12.3. The van der Waals surface area contributed by atoms with Crippen LogP contribution in [0.15, 0.2) is 47.4 Å². The molecular weight excluding hydrogens is 422 g/mol. The SMILES string of the molecule is CC(C)(C)c1ccc(S(=O)(=O)NC2Cc3ccc(C=CC(=O)O)cc3C2)c(C(C)(C)C)c1. The third-order valence-corrected chi connectivity index (χ3v) is 7.42. The van der Waals surface area contributed by atoms with Crippen LogP contribution in [-0.4, -0.2) is 25.5 Å². The van der Waals surface area contributed by atoms with Gasteiger partial charge in [0.05, 0.1) is 4.90 Å². The summed E-state index contributed by atoms with van der Waals surface area (Å²) in [5, 5.41) is 8.82. The van der Waals surface area contributed by atoms with E-state index in [1.165, 1.54) is 0 Å². The lowest BCUT2D eigenvalue weighted by Crippen LogP contribution is -2.36. The number of sulfonamides is 1. The maximum absolute atomic E-state index is 13.4. The maximum atomic E-state index is 13.4. The molecule has 1 atom stereocenters. The summed E-state index contributed by atoms with van der Waals surface area (Å²) in [7, 11) is -3.71. The minimum atomic E-state index is -3.71. The van der Waals surface area contributed by atoms with Gasteiger partial charge < -0.3 is 5.11 Å². The molecule has 1 aliphatic carbocycles. The van der Waals surface area contributed by atoms with Gasteiger partial charge in [0.1, 0.15) is 0 Å². The first-order chi connectivity index (χ1) is 14.7. The summed E-state index contributed by atoms with van der Waals surface area (Å²) in [6.45, 7) is 12.5. The highest BCUT2D eigenvalue weighted by atomic mass is 32.2. The molecule has 0 heterocycles. The molecular formula is C26H33NO4S. The van der Waals surface area contributed by atoms with Gasteiger partial charge in [-0.25, -0.2) is 17.9 Å². The van der Waals surface area contributed by atoms with Gasteiger partial charge in [0.15, 0.2) is 0 Å². The van der Waals surface area contributed by atoms with E-state index in [4.69, 9.17) is 5.11 Å². The minimum absolute atomic E-state index is 0.0738. The van der Waals surface area contributed by atoms with Crippen molar-refractivity contribution in [3.63, 3.8) is 0 Å². The Morgan fingerprint density at radius 3 is 2.22 bits per heavy atom. The summed E-state index contributed by atoms with van der Waals surface area (Å²) < 4.78 is 29.8. The third kappa shape index (κ3) is 5.48. The average Bonchev–Trinajstić information content (AvgIpc) is 3.05. The molecule has 0 amide bonds. The van der Waals surface area contributed by atoms with Crippen molar-refractivity contribution in [2.45, 2.75) is 76.2 Å². The lowest BCUT2D eigenvalue weighted by atomic mass is 9.81. The number of hydrogen-bond acceptors (Lipinski definition) is 3. The Bertz CT molecular complexity index is 1170. The van der Waals surface area contributed by atoms with Gasteiger partial charge in [0, 0.05) is 12.1 Å². The Balaban J connectivity index is 1.87. The van der Waals surface area contributed by atoms with E-state index in [0.29, 0.717) is 17.7 Å². The zero-order chi connectivity index (χ0) is 23.9. The van der Waals surface area contributed by atoms with Crippen molar-refractivity contribution >= 4 is 22.1 Å². The van der Waals surface area contributed by atoms with E-state index in [-0.39, 0.29) is 16.9 Å². The molecule has 0 saturated carbocycles. The molecule has 0 aromatic heterocycles. The van der Waals surface area contributed by atoms with Crippen LogP contribution in [-0.2, 0) is 38.5 Å². The number of carboxylic acids is 1. The lowest BCUT2D eigenvalue weighted by Gasteiger charge is -2.27. The van der Waals surface area contributed by atoms with Gasteiger partial charge in [-0.3, -0.25) is 0 Å². The topological polar surface area (TPSA) is 83.5 Å². The van der Waals surface area contributed by atoms with Crippen LogP contribution in [0.1, 0.15) is 69.4 Å². The van der Waals surface area contributed by atoms with Crippen molar-refractivity contribution in [2.75, 3.05) is 0 Å². The van der Waals surface area contributed by atoms with E-state index in [0.717, 1.165) is 33.9 Å². The molecule has 5 nitrogen and oxygen atoms in total. The highest BCUT2D eigenvalue weighted by Gasteiger charge is 2.31. The molecule has 1 aliphatic rings. The van der Waals surface area contributed by atoms with Crippen molar-refractivity contribution in [3.05, 3.63) is 70.3 Å². The van der Waals surface area contributed by atoms with Gasteiger partial charge in [-0.05, 0) is 63.6 Å². The predicted molar refractivity (Wildman–Crippen MR) is 128 cm³/mol. The van der Waals surface area contributed by atoms with Gasteiger partial charge in [0.2, 0.25) is 10.0 Å². The first-order valence-electron chi connectivity index (χ1n) is 10.9. The maximum Gasteiger partial charge on any atom is 0.328 e. The van der Waals surface area contributed by atoms with Crippen LogP contribution >= 0.6 is 0 Å². The van der Waals surface area contributed by atoms with E-state index in [1.54, 1.807) is 12.1 Å². The number of rotatable bonds is 5. The van der Waals surface area contributed by atoms with E-state index < -0.39 is 16.0 Å². The fourth-order valence-electron chi connectivity index (χ4n) is 4.09. The molecule has 3 rings (SSSR count). The third-order valence-electron chi connectivity index (χ3n) is 5.85. The molecule has 0 bridgehead atoms. The Labute approximate surface area is 191 Å². The Kier molecular flexibility index (Phi) is 6.42. The zero-order valence-corrected chi connectivity index (χ0v) is 20.5. The number of carbonyl (C=O) groups is 1. The monoisotopic (exact) mass is 455 g/mol. The fraction of sp³-hybridized carbons (Fsp3) is 0.423. The van der Waals surface area contributed by atoms with Crippen molar-refractivity contribution in [1.29, 1.82) is 0 Å².